The fraction of sp³-hybridized carbons (Fsp3) is 0.412. The summed E-state index contributed by atoms with van der Waals surface area (Å²) >= 11 is 0. The van der Waals surface area contributed by atoms with Crippen LogP contribution in [-0.4, -0.2) is 29.8 Å². The van der Waals surface area contributed by atoms with E-state index in [9.17, 15) is 14.7 Å². The van der Waals surface area contributed by atoms with Crippen LogP contribution in [0.1, 0.15) is 99.3 Å². The molecule has 0 aliphatic heterocycles. The molecule has 3 aromatic rings. The van der Waals surface area contributed by atoms with Crippen LogP contribution in [0.2, 0.25) is 0 Å². The van der Waals surface area contributed by atoms with E-state index in [1.807, 2.05) is 38.1 Å². The Balaban J connectivity index is 1.73. The lowest BCUT2D eigenvalue weighted by atomic mass is 9.91. The van der Waals surface area contributed by atoms with Crippen LogP contribution in [0.3, 0.4) is 0 Å². The fourth-order valence-electron chi connectivity index (χ4n) is 4.53. The van der Waals surface area contributed by atoms with Crippen molar-refractivity contribution in [3.05, 3.63) is 77.6 Å². The standard InChI is InChI=1S/C34H41FO5/c1-4-6-7-8-9-10-11-12-23-39-28-19-17-25(18-20-28)29-21-22-30(33(36)37)32(35)31(29)26-13-15-27(16-14-26)34(38)40-24(3)5-2/h13-22,24H,4-12,23H2,1-3H3,(H,36,37)/t24-/m1/s1. The molecule has 0 amide bonds. The van der Waals surface area contributed by atoms with E-state index >= 15 is 4.39 Å². The molecule has 0 saturated carbocycles. The van der Waals surface area contributed by atoms with Crippen LogP contribution in [-0.2, 0) is 4.74 Å². The number of benzene rings is 3. The number of aromatic carboxylic acids is 1. The smallest absolute Gasteiger partial charge is 0.338 e. The normalized spacial score (nSPS) is 11.7. The lowest BCUT2D eigenvalue weighted by Gasteiger charge is -2.15. The molecule has 40 heavy (non-hydrogen) atoms. The number of hydrogen-bond donors (Lipinski definition) is 1. The van der Waals surface area contributed by atoms with Crippen LogP contribution in [0.5, 0.6) is 5.75 Å². The zero-order valence-electron chi connectivity index (χ0n) is 23.9. The SMILES string of the molecule is CCCCCCCCCCOc1ccc(-c2ccc(C(=O)O)c(F)c2-c2ccc(C(=O)O[C@H](C)CC)cc2)cc1. The van der Waals surface area contributed by atoms with Crippen molar-refractivity contribution in [2.45, 2.75) is 84.7 Å². The van der Waals surface area contributed by atoms with Gasteiger partial charge in [-0.2, -0.15) is 0 Å². The minimum absolute atomic E-state index is 0.161. The second-order valence-electron chi connectivity index (χ2n) is 10.2. The van der Waals surface area contributed by atoms with Crippen LogP contribution in [0.25, 0.3) is 22.3 Å². The molecule has 1 N–H and O–H groups in total. The van der Waals surface area contributed by atoms with E-state index in [-0.39, 0.29) is 11.7 Å². The Labute approximate surface area is 237 Å². The van der Waals surface area contributed by atoms with Gasteiger partial charge in [-0.3, -0.25) is 0 Å². The summed E-state index contributed by atoms with van der Waals surface area (Å²) in [6, 6.07) is 16.6. The molecule has 0 heterocycles. The predicted molar refractivity (Wildman–Crippen MR) is 158 cm³/mol. The van der Waals surface area contributed by atoms with Gasteiger partial charge in [0.2, 0.25) is 0 Å². The first-order valence-electron chi connectivity index (χ1n) is 14.5. The molecule has 3 aromatic carbocycles. The van der Waals surface area contributed by atoms with Gasteiger partial charge in [0.05, 0.1) is 23.8 Å². The van der Waals surface area contributed by atoms with Crippen LogP contribution in [0.15, 0.2) is 60.7 Å². The van der Waals surface area contributed by atoms with Gasteiger partial charge in [0.15, 0.2) is 0 Å². The molecular weight excluding hydrogens is 507 g/mol. The molecule has 214 valence electrons. The third-order valence-electron chi connectivity index (χ3n) is 7.10. The van der Waals surface area contributed by atoms with Crippen molar-refractivity contribution >= 4 is 11.9 Å². The molecule has 5 nitrogen and oxygen atoms in total. The molecule has 0 spiro atoms. The number of hydrogen-bond acceptors (Lipinski definition) is 4. The lowest BCUT2D eigenvalue weighted by molar-refractivity contribution is 0.0334. The van der Waals surface area contributed by atoms with Crippen LogP contribution in [0.4, 0.5) is 4.39 Å². The number of carboxylic acid groups (broad SMARTS) is 1. The lowest BCUT2D eigenvalue weighted by Crippen LogP contribution is -2.13. The van der Waals surface area contributed by atoms with E-state index in [4.69, 9.17) is 9.47 Å². The molecule has 0 unspecified atom stereocenters. The summed E-state index contributed by atoms with van der Waals surface area (Å²) in [7, 11) is 0. The summed E-state index contributed by atoms with van der Waals surface area (Å²) in [5.74, 6) is -1.89. The molecule has 0 aliphatic carbocycles. The van der Waals surface area contributed by atoms with Crippen molar-refractivity contribution in [3.63, 3.8) is 0 Å². The van der Waals surface area contributed by atoms with E-state index in [1.165, 1.54) is 44.6 Å². The molecule has 3 rings (SSSR count). The van der Waals surface area contributed by atoms with Crippen molar-refractivity contribution in [2.24, 2.45) is 0 Å². The van der Waals surface area contributed by atoms with Gasteiger partial charge in [-0.25, -0.2) is 14.0 Å². The second-order valence-corrected chi connectivity index (χ2v) is 10.2. The first-order chi connectivity index (χ1) is 19.3. The zero-order chi connectivity index (χ0) is 28.9. The molecule has 6 heteroatoms. The molecule has 0 fully saturated rings. The highest BCUT2D eigenvalue weighted by atomic mass is 19.1. The maximum Gasteiger partial charge on any atom is 0.338 e. The first kappa shape index (κ1) is 30.9. The highest BCUT2D eigenvalue weighted by molar-refractivity contribution is 5.95. The number of carbonyl (C=O) groups excluding carboxylic acids is 1. The largest absolute Gasteiger partial charge is 0.494 e. The summed E-state index contributed by atoms with van der Waals surface area (Å²) in [6.07, 6.45) is 10.4. The number of ether oxygens (including phenoxy) is 2. The van der Waals surface area contributed by atoms with Crippen molar-refractivity contribution in [3.8, 4) is 28.0 Å². The summed E-state index contributed by atoms with van der Waals surface area (Å²) in [5, 5.41) is 9.53. The van der Waals surface area contributed by atoms with Crippen LogP contribution < -0.4 is 4.74 Å². The summed E-state index contributed by atoms with van der Waals surface area (Å²) < 4.78 is 26.8. The quantitative estimate of drug-likeness (QED) is 0.143. The Bertz CT molecular complexity index is 1230. The molecule has 0 aliphatic rings. The Hall–Kier alpha value is -3.67. The highest BCUT2D eigenvalue weighted by Crippen LogP contribution is 2.37. The van der Waals surface area contributed by atoms with E-state index in [1.54, 1.807) is 30.3 Å². The number of carbonyl (C=O) groups is 2. The summed E-state index contributed by atoms with van der Waals surface area (Å²) in [6.45, 7) is 6.62. The zero-order valence-corrected chi connectivity index (χ0v) is 23.9. The van der Waals surface area contributed by atoms with Crippen molar-refractivity contribution in [1.29, 1.82) is 0 Å². The third-order valence-corrected chi connectivity index (χ3v) is 7.10. The average molecular weight is 549 g/mol. The fourth-order valence-corrected chi connectivity index (χ4v) is 4.53. The number of rotatable bonds is 16. The van der Waals surface area contributed by atoms with E-state index in [0.29, 0.717) is 29.7 Å². The maximum absolute atomic E-state index is 15.6. The Kier molecular flexibility index (Phi) is 12.2. The van der Waals surface area contributed by atoms with Gasteiger partial charge in [-0.05, 0) is 66.8 Å². The minimum atomic E-state index is -1.34. The van der Waals surface area contributed by atoms with E-state index in [0.717, 1.165) is 24.2 Å². The number of carboxylic acids is 1. The van der Waals surface area contributed by atoms with Gasteiger partial charge in [0.1, 0.15) is 11.6 Å². The van der Waals surface area contributed by atoms with Crippen LogP contribution in [0, 0.1) is 5.82 Å². The average Bonchev–Trinajstić information content (AvgIpc) is 2.96. The molecular formula is C34H41FO5. The van der Waals surface area contributed by atoms with Crippen molar-refractivity contribution in [1.82, 2.24) is 0 Å². The Morgan fingerprint density at radius 1 is 0.800 bits per heavy atom. The molecule has 0 aromatic heterocycles. The highest BCUT2D eigenvalue weighted by Gasteiger charge is 2.21. The predicted octanol–water partition coefficient (Wildman–Crippen LogP) is 9.33. The topological polar surface area (TPSA) is 72.8 Å². The first-order valence-corrected chi connectivity index (χ1v) is 14.5. The number of esters is 1. The molecule has 1 atom stereocenters. The monoisotopic (exact) mass is 548 g/mol. The van der Waals surface area contributed by atoms with Crippen LogP contribution >= 0.6 is 0 Å². The van der Waals surface area contributed by atoms with Gasteiger partial charge < -0.3 is 14.6 Å². The molecule has 0 bridgehead atoms. The Morgan fingerprint density at radius 3 is 2.00 bits per heavy atom. The molecule has 0 radical (unpaired) electrons. The van der Waals surface area contributed by atoms with E-state index < -0.39 is 23.3 Å². The maximum atomic E-state index is 15.6. The van der Waals surface area contributed by atoms with Gasteiger partial charge >= 0.3 is 11.9 Å². The van der Waals surface area contributed by atoms with Gasteiger partial charge in [-0.1, -0.05) is 89.1 Å². The number of halogens is 1. The van der Waals surface area contributed by atoms with Gasteiger partial charge in [0.25, 0.3) is 0 Å². The van der Waals surface area contributed by atoms with Gasteiger partial charge in [0, 0.05) is 5.56 Å². The van der Waals surface area contributed by atoms with Gasteiger partial charge in [-0.15, -0.1) is 0 Å². The molecule has 0 saturated heterocycles. The second kappa shape index (κ2) is 15.8. The summed E-state index contributed by atoms with van der Waals surface area (Å²) in [5.41, 5.74) is 1.83. The summed E-state index contributed by atoms with van der Waals surface area (Å²) in [4.78, 5) is 24.1. The van der Waals surface area contributed by atoms with Crippen molar-refractivity contribution < 1.29 is 28.6 Å². The Morgan fingerprint density at radius 2 is 1.40 bits per heavy atom. The number of unbranched alkanes of at least 4 members (excludes halogenated alkanes) is 7. The third kappa shape index (κ3) is 8.67. The van der Waals surface area contributed by atoms with Crippen molar-refractivity contribution in [2.75, 3.05) is 6.61 Å². The van der Waals surface area contributed by atoms with E-state index in [2.05, 4.69) is 6.92 Å². The minimum Gasteiger partial charge on any atom is -0.494 e.